The van der Waals surface area contributed by atoms with Gasteiger partial charge in [0.2, 0.25) is 10.0 Å². The Morgan fingerprint density at radius 1 is 0.933 bits per heavy atom. The van der Waals surface area contributed by atoms with Crippen LogP contribution in [0, 0.1) is 13.8 Å². The molecule has 0 unspecified atom stereocenters. The summed E-state index contributed by atoms with van der Waals surface area (Å²) >= 11 is 0. The molecule has 1 aliphatic carbocycles. The summed E-state index contributed by atoms with van der Waals surface area (Å²) in [6.45, 7) is 9.03. The van der Waals surface area contributed by atoms with Crippen molar-refractivity contribution in [1.29, 1.82) is 0 Å². The molecule has 170 valence electrons. The molecule has 0 spiro atoms. The Balaban J connectivity index is 2.09. The van der Waals surface area contributed by atoms with Crippen LogP contribution in [0.5, 0.6) is 0 Å². The summed E-state index contributed by atoms with van der Waals surface area (Å²) in [6.07, 6.45) is 9.33. The Bertz CT molecular complexity index is 859. The molecule has 1 aliphatic heterocycles. The summed E-state index contributed by atoms with van der Waals surface area (Å²) in [7, 11) is -1.93. The lowest BCUT2D eigenvalue weighted by Gasteiger charge is -2.36. The largest absolute Gasteiger partial charge is 0.350 e. The zero-order chi connectivity index (χ0) is 22.1. The minimum absolute atomic E-state index is 0.0183. The molecule has 6 nitrogen and oxygen atoms in total. The second-order valence-corrected chi connectivity index (χ2v) is 11.1. The Labute approximate surface area is 182 Å². The maximum atomic E-state index is 14.1. The molecule has 0 aromatic carbocycles. The molecule has 0 bridgehead atoms. The molecule has 1 saturated carbocycles. The molecule has 1 saturated heterocycles. The van der Waals surface area contributed by atoms with Crippen molar-refractivity contribution in [2.45, 2.75) is 102 Å². The lowest BCUT2D eigenvalue weighted by atomic mass is 9.95. The highest BCUT2D eigenvalue weighted by atomic mass is 32.2. The third-order valence-electron chi connectivity index (χ3n) is 7.01. The molecule has 1 aromatic rings. The molecule has 2 fully saturated rings. The summed E-state index contributed by atoms with van der Waals surface area (Å²) in [6, 6.07) is -0.121. The first-order chi connectivity index (χ1) is 14.2. The maximum absolute atomic E-state index is 14.1. The minimum atomic E-state index is -3.79. The van der Waals surface area contributed by atoms with E-state index in [4.69, 9.17) is 0 Å². The van der Waals surface area contributed by atoms with E-state index < -0.39 is 10.0 Å². The van der Waals surface area contributed by atoms with Crippen LogP contribution < -0.4 is 0 Å². The van der Waals surface area contributed by atoms with E-state index in [9.17, 15) is 13.2 Å². The van der Waals surface area contributed by atoms with Gasteiger partial charge in [0.15, 0.2) is 0 Å². The van der Waals surface area contributed by atoms with Crippen LogP contribution in [-0.2, 0) is 17.1 Å². The second kappa shape index (κ2) is 9.43. The average molecular weight is 438 g/mol. The van der Waals surface area contributed by atoms with Crippen LogP contribution in [0.25, 0.3) is 0 Å². The third-order valence-corrected chi connectivity index (χ3v) is 9.30. The maximum Gasteiger partial charge on any atom is 0.257 e. The number of hydrogen-bond acceptors (Lipinski definition) is 3. The zero-order valence-electron chi connectivity index (χ0n) is 19.4. The van der Waals surface area contributed by atoms with Crippen molar-refractivity contribution in [2.24, 2.45) is 7.05 Å². The molecule has 1 amide bonds. The summed E-state index contributed by atoms with van der Waals surface area (Å²) in [5.41, 5.74) is 1.79. The van der Waals surface area contributed by atoms with E-state index in [-0.39, 0.29) is 22.9 Å². The monoisotopic (exact) mass is 437 g/mol. The van der Waals surface area contributed by atoms with Gasteiger partial charge in [-0.3, -0.25) is 4.79 Å². The van der Waals surface area contributed by atoms with Gasteiger partial charge in [-0.15, -0.1) is 0 Å². The molecule has 2 heterocycles. The molecular formula is C23H39N3O3S. The average Bonchev–Trinajstić information content (AvgIpc) is 2.90. The molecule has 3 rings (SSSR count). The zero-order valence-corrected chi connectivity index (χ0v) is 20.2. The predicted octanol–water partition coefficient (Wildman–Crippen LogP) is 4.39. The van der Waals surface area contributed by atoms with Crippen LogP contribution in [-0.4, -0.2) is 53.3 Å². The standard InChI is InChI=1S/C23H39N3O3S/c1-17(2)26(20-13-9-8-10-14-20)30(28,29)22-19(4)24(5)18(3)21(22)23(27)25-15-11-6-7-12-16-25/h17,20H,6-16H2,1-5H3. The lowest BCUT2D eigenvalue weighted by Crippen LogP contribution is -2.46. The molecule has 2 aliphatic rings. The van der Waals surface area contributed by atoms with Crippen molar-refractivity contribution >= 4 is 15.9 Å². The van der Waals surface area contributed by atoms with Gasteiger partial charge in [0.1, 0.15) is 4.90 Å². The van der Waals surface area contributed by atoms with Gasteiger partial charge in [-0.2, -0.15) is 4.31 Å². The van der Waals surface area contributed by atoms with Crippen LogP contribution in [0.4, 0.5) is 0 Å². The van der Waals surface area contributed by atoms with Gasteiger partial charge in [-0.05, 0) is 53.4 Å². The van der Waals surface area contributed by atoms with E-state index in [1.54, 1.807) is 4.31 Å². The first-order valence-corrected chi connectivity index (χ1v) is 13.1. The Hall–Kier alpha value is -1.34. The van der Waals surface area contributed by atoms with Gasteiger partial charge in [-0.25, -0.2) is 8.42 Å². The van der Waals surface area contributed by atoms with Crippen LogP contribution in [0.1, 0.15) is 93.4 Å². The van der Waals surface area contributed by atoms with Crippen molar-refractivity contribution in [2.75, 3.05) is 13.1 Å². The van der Waals surface area contributed by atoms with E-state index in [2.05, 4.69) is 0 Å². The first kappa shape index (κ1) is 23.3. The van der Waals surface area contributed by atoms with Crippen LogP contribution in [0.15, 0.2) is 4.90 Å². The number of aromatic nitrogens is 1. The predicted molar refractivity (Wildman–Crippen MR) is 120 cm³/mol. The highest BCUT2D eigenvalue weighted by Gasteiger charge is 2.40. The molecule has 0 atom stereocenters. The Morgan fingerprint density at radius 2 is 1.47 bits per heavy atom. The smallest absolute Gasteiger partial charge is 0.257 e. The highest BCUT2D eigenvalue weighted by Crippen LogP contribution is 2.35. The second-order valence-electron chi connectivity index (χ2n) is 9.36. The number of carbonyl (C=O) groups excluding carboxylic acids is 1. The third kappa shape index (κ3) is 4.33. The van der Waals surface area contributed by atoms with E-state index in [1.165, 1.54) is 6.42 Å². The number of carbonyl (C=O) groups is 1. The topological polar surface area (TPSA) is 62.6 Å². The summed E-state index contributed by atoms with van der Waals surface area (Å²) in [5.74, 6) is -0.121. The van der Waals surface area contributed by atoms with E-state index in [1.807, 2.05) is 44.2 Å². The quantitative estimate of drug-likeness (QED) is 0.686. The number of rotatable bonds is 5. The number of amides is 1. The summed E-state index contributed by atoms with van der Waals surface area (Å²) in [5, 5.41) is 0. The summed E-state index contributed by atoms with van der Waals surface area (Å²) in [4.78, 5) is 15.7. The fourth-order valence-corrected chi connectivity index (χ4v) is 7.62. The molecule has 0 N–H and O–H groups in total. The molecule has 30 heavy (non-hydrogen) atoms. The number of nitrogens with zero attached hydrogens (tertiary/aromatic N) is 3. The minimum Gasteiger partial charge on any atom is -0.350 e. The Morgan fingerprint density at radius 3 is 2.00 bits per heavy atom. The van der Waals surface area contributed by atoms with Crippen LogP contribution in [0.2, 0.25) is 0 Å². The number of sulfonamides is 1. The van der Waals surface area contributed by atoms with Crippen molar-refractivity contribution in [3.8, 4) is 0 Å². The Kier molecular flexibility index (Phi) is 7.33. The van der Waals surface area contributed by atoms with Crippen molar-refractivity contribution in [3.05, 3.63) is 17.0 Å². The number of likely N-dealkylation sites (tertiary alicyclic amines) is 1. The van der Waals surface area contributed by atoms with Gasteiger partial charge >= 0.3 is 0 Å². The number of hydrogen-bond donors (Lipinski definition) is 0. The molecule has 7 heteroatoms. The fourth-order valence-electron chi connectivity index (χ4n) is 5.25. The van der Waals surface area contributed by atoms with Gasteiger partial charge in [-0.1, -0.05) is 32.1 Å². The fraction of sp³-hybridized carbons (Fsp3) is 0.783. The summed E-state index contributed by atoms with van der Waals surface area (Å²) < 4.78 is 31.7. The van der Waals surface area contributed by atoms with Crippen molar-refractivity contribution < 1.29 is 13.2 Å². The molecule has 0 radical (unpaired) electrons. The van der Waals surface area contributed by atoms with E-state index in [0.717, 1.165) is 57.1 Å². The van der Waals surface area contributed by atoms with Gasteiger partial charge in [0.05, 0.1) is 5.56 Å². The highest BCUT2D eigenvalue weighted by molar-refractivity contribution is 7.89. The normalized spacial score (nSPS) is 19.5. The van der Waals surface area contributed by atoms with E-state index in [0.29, 0.717) is 24.3 Å². The van der Waals surface area contributed by atoms with Crippen molar-refractivity contribution in [3.63, 3.8) is 0 Å². The van der Waals surface area contributed by atoms with Crippen LogP contribution in [0.3, 0.4) is 0 Å². The van der Waals surface area contributed by atoms with Gasteiger partial charge in [0, 0.05) is 43.6 Å². The van der Waals surface area contributed by atoms with Crippen molar-refractivity contribution in [1.82, 2.24) is 13.8 Å². The molecular weight excluding hydrogens is 398 g/mol. The molecule has 1 aromatic heterocycles. The van der Waals surface area contributed by atoms with Crippen LogP contribution >= 0.6 is 0 Å². The lowest BCUT2D eigenvalue weighted by molar-refractivity contribution is 0.0756. The van der Waals surface area contributed by atoms with Gasteiger partial charge in [0.25, 0.3) is 5.91 Å². The van der Waals surface area contributed by atoms with Gasteiger partial charge < -0.3 is 9.47 Å². The SMILES string of the molecule is Cc1c(C(=O)N2CCCCCC2)c(S(=O)(=O)N(C(C)C)C2CCCCC2)c(C)n1C. The van der Waals surface area contributed by atoms with E-state index >= 15 is 0 Å². The first-order valence-electron chi connectivity index (χ1n) is 11.7.